The van der Waals surface area contributed by atoms with E-state index in [1.54, 1.807) is 0 Å². The first-order chi connectivity index (χ1) is 10.9. The van der Waals surface area contributed by atoms with Gasteiger partial charge in [-0.2, -0.15) is 0 Å². The van der Waals surface area contributed by atoms with E-state index in [0.29, 0.717) is 24.5 Å². The molecule has 0 aliphatic carbocycles. The fraction of sp³-hybridized carbons (Fsp3) is 0.562. The third kappa shape index (κ3) is 5.79. The van der Waals surface area contributed by atoms with Crippen LogP contribution in [0.3, 0.4) is 0 Å². The summed E-state index contributed by atoms with van der Waals surface area (Å²) in [5.41, 5.74) is 1.08. The molecule has 1 fully saturated rings. The Morgan fingerprint density at radius 2 is 2.22 bits per heavy atom. The highest BCUT2D eigenvalue weighted by atomic mass is 35.5. The molecule has 1 N–H and O–H groups in total. The second-order valence-electron chi connectivity index (χ2n) is 5.85. The van der Waals surface area contributed by atoms with Crippen molar-refractivity contribution in [3.05, 3.63) is 34.9 Å². The van der Waals surface area contributed by atoms with Gasteiger partial charge in [0.2, 0.25) is 5.91 Å². The quantitative estimate of drug-likeness (QED) is 0.802. The first-order valence-electron chi connectivity index (χ1n) is 7.85. The molecule has 1 aliphatic rings. The molecule has 0 bridgehead atoms. The Balaban J connectivity index is 1.77. The lowest BCUT2D eigenvalue weighted by atomic mass is 10.1. The van der Waals surface area contributed by atoms with Crippen molar-refractivity contribution in [3.63, 3.8) is 0 Å². The van der Waals surface area contributed by atoms with Gasteiger partial charge in [-0.25, -0.2) is 8.42 Å². The number of hydrogen-bond donors (Lipinski definition) is 1. The molecule has 0 saturated carbocycles. The van der Waals surface area contributed by atoms with Crippen LogP contribution in [-0.2, 0) is 21.1 Å². The van der Waals surface area contributed by atoms with E-state index in [4.69, 9.17) is 11.6 Å². The van der Waals surface area contributed by atoms with Crippen molar-refractivity contribution >= 4 is 27.3 Å². The predicted molar refractivity (Wildman–Crippen MR) is 92.5 cm³/mol. The second-order valence-corrected chi connectivity index (χ2v) is 8.51. The summed E-state index contributed by atoms with van der Waals surface area (Å²) in [5.74, 6) is 0.319. The van der Waals surface area contributed by atoms with E-state index in [1.165, 1.54) is 0 Å². The summed E-state index contributed by atoms with van der Waals surface area (Å²) in [5, 5.41) is 3.57. The van der Waals surface area contributed by atoms with E-state index in [9.17, 15) is 13.2 Å². The summed E-state index contributed by atoms with van der Waals surface area (Å²) in [6.45, 7) is 3.40. The number of benzene rings is 1. The van der Waals surface area contributed by atoms with Crippen LogP contribution in [0.25, 0.3) is 0 Å². The number of nitrogens with one attached hydrogen (secondary N) is 1. The van der Waals surface area contributed by atoms with Gasteiger partial charge in [-0.3, -0.25) is 9.69 Å². The summed E-state index contributed by atoms with van der Waals surface area (Å²) >= 11 is 5.93. The van der Waals surface area contributed by atoms with Crippen molar-refractivity contribution in [3.8, 4) is 0 Å². The van der Waals surface area contributed by atoms with Crippen LogP contribution >= 0.6 is 11.6 Å². The predicted octanol–water partition coefficient (Wildman–Crippen LogP) is 1.51. The van der Waals surface area contributed by atoms with Gasteiger partial charge < -0.3 is 5.32 Å². The standard InChI is InChI=1S/C16H23ClN2O3S/c1-2-19(15-7-9-23(21,22)12-15)11-16(20)18-8-6-13-4-3-5-14(17)10-13/h3-5,10,15H,2,6-9,11-12H2,1H3,(H,18,20). The molecule has 5 nitrogen and oxygen atoms in total. The van der Waals surface area contributed by atoms with Crippen LogP contribution in [0.1, 0.15) is 18.9 Å². The molecule has 7 heteroatoms. The fourth-order valence-corrected chi connectivity index (χ4v) is 4.82. The summed E-state index contributed by atoms with van der Waals surface area (Å²) in [4.78, 5) is 14.0. The Morgan fingerprint density at radius 3 is 2.83 bits per heavy atom. The van der Waals surface area contributed by atoms with E-state index in [1.807, 2.05) is 36.1 Å². The maximum atomic E-state index is 12.1. The van der Waals surface area contributed by atoms with Crippen molar-refractivity contribution < 1.29 is 13.2 Å². The molecule has 1 amide bonds. The van der Waals surface area contributed by atoms with Gasteiger partial charge in [-0.15, -0.1) is 0 Å². The summed E-state index contributed by atoms with van der Waals surface area (Å²) in [6, 6.07) is 7.52. The van der Waals surface area contributed by atoms with Gasteiger partial charge in [0.05, 0.1) is 18.1 Å². The zero-order valence-corrected chi connectivity index (χ0v) is 14.9. The molecule has 1 saturated heterocycles. The molecule has 128 valence electrons. The molecule has 1 heterocycles. The lowest BCUT2D eigenvalue weighted by molar-refractivity contribution is -0.122. The van der Waals surface area contributed by atoms with E-state index in [0.717, 1.165) is 12.0 Å². The van der Waals surface area contributed by atoms with Crippen molar-refractivity contribution in [1.29, 1.82) is 0 Å². The average molecular weight is 359 g/mol. The normalized spacial score (nSPS) is 19.9. The monoisotopic (exact) mass is 358 g/mol. The number of rotatable bonds is 7. The number of sulfone groups is 1. The highest BCUT2D eigenvalue weighted by Gasteiger charge is 2.32. The van der Waals surface area contributed by atoms with Crippen LogP contribution < -0.4 is 5.32 Å². The van der Waals surface area contributed by atoms with E-state index < -0.39 is 9.84 Å². The van der Waals surface area contributed by atoms with Crippen LogP contribution in [0.4, 0.5) is 0 Å². The lowest BCUT2D eigenvalue weighted by Crippen LogP contribution is -2.43. The summed E-state index contributed by atoms with van der Waals surface area (Å²) in [7, 11) is -2.93. The number of amides is 1. The Hall–Kier alpha value is -1.11. The number of nitrogens with zero attached hydrogens (tertiary/aromatic N) is 1. The van der Waals surface area contributed by atoms with Gasteiger partial charge in [0.1, 0.15) is 0 Å². The minimum atomic E-state index is -2.93. The molecular formula is C16H23ClN2O3S. The Bertz CT molecular complexity index is 648. The molecule has 1 aromatic carbocycles. The number of hydrogen-bond acceptors (Lipinski definition) is 4. The van der Waals surface area contributed by atoms with Gasteiger partial charge in [0.15, 0.2) is 9.84 Å². The van der Waals surface area contributed by atoms with Crippen molar-refractivity contribution in [2.75, 3.05) is 31.1 Å². The fourth-order valence-electron chi connectivity index (χ4n) is 2.84. The highest BCUT2D eigenvalue weighted by Crippen LogP contribution is 2.17. The summed E-state index contributed by atoms with van der Waals surface area (Å²) < 4.78 is 23.1. The SMILES string of the molecule is CCN(CC(=O)NCCc1cccc(Cl)c1)C1CCS(=O)(=O)C1. The maximum absolute atomic E-state index is 12.1. The smallest absolute Gasteiger partial charge is 0.234 e. The second kappa shape index (κ2) is 8.13. The van der Waals surface area contributed by atoms with Crippen molar-refractivity contribution in [1.82, 2.24) is 10.2 Å². The van der Waals surface area contributed by atoms with E-state index >= 15 is 0 Å². The molecule has 1 unspecified atom stereocenters. The minimum Gasteiger partial charge on any atom is -0.355 e. The average Bonchev–Trinajstić information content (AvgIpc) is 2.85. The number of carbonyl (C=O) groups is 1. The maximum Gasteiger partial charge on any atom is 0.234 e. The summed E-state index contributed by atoms with van der Waals surface area (Å²) in [6.07, 6.45) is 1.34. The van der Waals surface area contributed by atoms with Gasteiger partial charge in [-0.1, -0.05) is 30.7 Å². The van der Waals surface area contributed by atoms with E-state index in [2.05, 4.69) is 5.32 Å². The van der Waals surface area contributed by atoms with Gasteiger partial charge in [-0.05, 0) is 37.1 Å². The van der Waals surface area contributed by atoms with Crippen LogP contribution in [0.15, 0.2) is 24.3 Å². The zero-order chi connectivity index (χ0) is 16.9. The molecule has 0 aromatic heterocycles. The number of halogens is 1. The largest absolute Gasteiger partial charge is 0.355 e. The lowest BCUT2D eigenvalue weighted by Gasteiger charge is -2.25. The van der Waals surface area contributed by atoms with Crippen LogP contribution in [-0.4, -0.2) is 56.4 Å². The molecule has 1 atom stereocenters. The third-order valence-electron chi connectivity index (χ3n) is 4.10. The molecule has 23 heavy (non-hydrogen) atoms. The van der Waals surface area contributed by atoms with Gasteiger partial charge in [0.25, 0.3) is 0 Å². The molecule has 0 spiro atoms. The topological polar surface area (TPSA) is 66.5 Å². The first-order valence-corrected chi connectivity index (χ1v) is 10.0. The molecule has 2 rings (SSSR count). The molecule has 1 aliphatic heterocycles. The highest BCUT2D eigenvalue weighted by molar-refractivity contribution is 7.91. The van der Waals surface area contributed by atoms with Gasteiger partial charge >= 0.3 is 0 Å². The van der Waals surface area contributed by atoms with Crippen molar-refractivity contribution in [2.24, 2.45) is 0 Å². The Kier molecular flexibility index (Phi) is 6.44. The Morgan fingerprint density at radius 1 is 1.43 bits per heavy atom. The Labute approximate surface area is 142 Å². The van der Waals surface area contributed by atoms with E-state index in [-0.39, 0.29) is 30.0 Å². The first kappa shape index (κ1) is 18.2. The van der Waals surface area contributed by atoms with Crippen molar-refractivity contribution in [2.45, 2.75) is 25.8 Å². The van der Waals surface area contributed by atoms with Crippen LogP contribution in [0.2, 0.25) is 5.02 Å². The molecule has 1 aromatic rings. The minimum absolute atomic E-state index is 0.0383. The number of carbonyl (C=O) groups excluding carboxylic acids is 1. The number of likely N-dealkylation sites (N-methyl/N-ethyl adjacent to an activating group) is 1. The molecular weight excluding hydrogens is 336 g/mol. The molecule has 0 radical (unpaired) electrons. The van der Waals surface area contributed by atoms with Crippen LogP contribution in [0.5, 0.6) is 0 Å². The van der Waals surface area contributed by atoms with Gasteiger partial charge in [0, 0.05) is 17.6 Å². The van der Waals surface area contributed by atoms with Crippen LogP contribution in [0, 0.1) is 0 Å². The zero-order valence-electron chi connectivity index (χ0n) is 13.3. The third-order valence-corrected chi connectivity index (χ3v) is 6.09.